The van der Waals surface area contributed by atoms with Crippen LogP contribution in [0.5, 0.6) is 0 Å². The number of hydrogen-bond acceptors (Lipinski definition) is 2. The number of hydrogen-bond donors (Lipinski definition) is 1. The molecule has 1 fully saturated rings. The first-order chi connectivity index (χ1) is 9.05. The molecule has 4 heteroatoms. The summed E-state index contributed by atoms with van der Waals surface area (Å²) in [6, 6.07) is 8.45. The second kappa shape index (κ2) is 6.22. The highest BCUT2D eigenvalue weighted by Gasteiger charge is 2.43. The fourth-order valence-corrected chi connectivity index (χ4v) is 3.26. The third-order valence-corrected chi connectivity index (χ3v) is 4.65. The van der Waals surface area contributed by atoms with Crippen molar-refractivity contribution in [2.24, 2.45) is 5.41 Å². The molecule has 1 saturated heterocycles. The first-order valence-electron chi connectivity index (χ1n) is 6.76. The van der Waals surface area contributed by atoms with Crippen molar-refractivity contribution in [3.8, 4) is 0 Å². The van der Waals surface area contributed by atoms with E-state index in [1.165, 1.54) is 9.13 Å². The van der Waals surface area contributed by atoms with E-state index in [2.05, 4.69) is 58.7 Å². The zero-order valence-corrected chi connectivity index (χ0v) is 13.4. The van der Waals surface area contributed by atoms with E-state index in [1.807, 2.05) is 0 Å². The maximum atomic E-state index is 11.5. The Morgan fingerprint density at radius 2 is 2.11 bits per heavy atom. The zero-order valence-electron chi connectivity index (χ0n) is 11.2. The minimum absolute atomic E-state index is 0.516. The monoisotopic (exact) mass is 373 g/mol. The van der Waals surface area contributed by atoms with Crippen molar-refractivity contribution in [1.29, 1.82) is 0 Å². The van der Waals surface area contributed by atoms with Crippen LogP contribution in [0.2, 0.25) is 0 Å². The number of aliphatic carboxylic acids is 1. The minimum Gasteiger partial charge on any atom is -0.481 e. The highest BCUT2D eigenvalue weighted by molar-refractivity contribution is 14.1. The van der Waals surface area contributed by atoms with Gasteiger partial charge in [0.05, 0.1) is 5.41 Å². The molecular formula is C15H20INO2. The second-order valence-electron chi connectivity index (χ2n) is 5.42. The van der Waals surface area contributed by atoms with Gasteiger partial charge in [0, 0.05) is 16.7 Å². The summed E-state index contributed by atoms with van der Waals surface area (Å²) in [4.78, 5) is 13.8. The van der Waals surface area contributed by atoms with Gasteiger partial charge in [0.25, 0.3) is 0 Å². The summed E-state index contributed by atoms with van der Waals surface area (Å²) in [5.41, 5.74) is 0.746. The van der Waals surface area contributed by atoms with Crippen molar-refractivity contribution in [2.75, 3.05) is 13.1 Å². The van der Waals surface area contributed by atoms with Gasteiger partial charge in [0.15, 0.2) is 0 Å². The molecule has 19 heavy (non-hydrogen) atoms. The number of benzene rings is 1. The van der Waals surface area contributed by atoms with Crippen molar-refractivity contribution in [1.82, 2.24) is 4.90 Å². The van der Waals surface area contributed by atoms with Gasteiger partial charge >= 0.3 is 5.97 Å². The Balaban J connectivity index is 2.01. The summed E-state index contributed by atoms with van der Waals surface area (Å²) in [5, 5.41) is 9.49. The molecule has 1 atom stereocenters. The standard InChI is InChI=1S/C15H20INO2/c1-2-7-15(14(18)19)8-9-17(11-15)10-12-3-5-13(16)6-4-12/h3-6H,2,7-11H2,1H3,(H,18,19). The molecule has 1 N–H and O–H groups in total. The van der Waals surface area contributed by atoms with E-state index in [1.54, 1.807) is 0 Å². The van der Waals surface area contributed by atoms with Crippen LogP contribution < -0.4 is 0 Å². The molecule has 0 aromatic heterocycles. The third-order valence-electron chi connectivity index (χ3n) is 3.93. The fourth-order valence-electron chi connectivity index (χ4n) is 2.91. The van der Waals surface area contributed by atoms with Gasteiger partial charge in [-0.3, -0.25) is 9.69 Å². The molecular weight excluding hydrogens is 353 g/mol. The fraction of sp³-hybridized carbons (Fsp3) is 0.533. The van der Waals surface area contributed by atoms with E-state index < -0.39 is 11.4 Å². The van der Waals surface area contributed by atoms with E-state index in [9.17, 15) is 9.90 Å². The van der Waals surface area contributed by atoms with Gasteiger partial charge in [-0.05, 0) is 59.7 Å². The maximum Gasteiger partial charge on any atom is 0.310 e. The molecule has 1 heterocycles. The topological polar surface area (TPSA) is 40.5 Å². The Morgan fingerprint density at radius 1 is 1.42 bits per heavy atom. The Kier molecular flexibility index (Phi) is 4.84. The summed E-state index contributed by atoms with van der Waals surface area (Å²) in [5.74, 6) is -0.625. The van der Waals surface area contributed by atoms with Crippen LogP contribution in [-0.2, 0) is 11.3 Å². The number of nitrogens with zero attached hydrogens (tertiary/aromatic N) is 1. The highest BCUT2D eigenvalue weighted by Crippen LogP contribution is 2.36. The number of carboxylic acids is 1. The Morgan fingerprint density at radius 3 is 2.68 bits per heavy atom. The van der Waals surface area contributed by atoms with Crippen molar-refractivity contribution >= 4 is 28.6 Å². The van der Waals surface area contributed by atoms with Crippen molar-refractivity contribution in [3.63, 3.8) is 0 Å². The maximum absolute atomic E-state index is 11.5. The molecule has 1 aliphatic rings. The average molecular weight is 373 g/mol. The smallest absolute Gasteiger partial charge is 0.310 e. The normalized spacial score (nSPS) is 23.7. The summed E-state index contributed by atoms with van der Waals surface area (Å²) >= 11 is 2.29. The lowest BCUT2D eigenvalue weighted by Crippen LogP contribution is -2.34. The number of likely N-dealkylation sites (tertiary alicyclic amines) is 1. The van der Waals surface area contributed by atoms with E-state index in [-0.39, 0.29) is 0 Å². The SMILES string of the molecule is CCCC1(C(=O)O)CCN(Cc2ccc(I)cc2)C1. The predicted octanol–water partition coefficient (Wildman–Crippen LogP) is 3.37. The molecule has 1 aromatic carbocycles. The van der Waals surface area contributed by atoms with Gasteiger partial charge in [0.1, 0.15) is 0 Å². The molecule has 0 aliphatic carbocycles. The van der Waals surface area contributed by atoms with Gasteiger partial charge in [-0.15, -0.1) is 0 Å². The minimum atomic E-state index is -0.625. The summed E-state index contributed by atoms with van der Waals surface area (Å²) in [6.07, 6.45) is 2.50. The molecule has 0 radical (unpaired) electrons. The molecule has 0 amide bonds. The van der Waals surface area contributed by atoms with Crippen LogP contribution in [0, 0.1) is 8.99 Å². The molecule has 0 saturated carbocycles. The lowest BCUT2D eigenvalue weighted by Gasteiger charge is -2.24. The average Bonchev–Trinajstić information content (AvgIpc) is 2.77. The Hall–Kier alpha value is -0.620. The van der Waals surface area contributed by atoms with Gasteiger partial charge in [-0.2, -0.15) is 0 Å². The van der Waals surface area contributed by atoms with Crippen molar-refractivity contribution in [2.45, 2.75) is 32.7 Å². The van der Waals surface area contributed by atoms with E-state index >= 15 is 0 Å². The Bertz CT molecular complexity index is 446. The quantitative estimate of drug-likeness (QED) is 0.805. The van der Waals surface area contributed by atoms with Crippen LogP contribution in [0.4, 0.5) is 0 Å². The molecule has 0 bridgehead atoms. The molecule has 0 spiro atoms. The molecule has 3 nitrogen and oxygen atoms in total. The predicted molar refractivity (Wildman–Crippen MR) is 84.0 cm³/mol. The number of carboxylic acid groups (broad SMARTS) is 1. The number of rotatable bonds is 5. The zero-order chi connectivity index (χ0) is 13.9. The first-order valence-corrected chi connectivity index (χ1v) is 7.84. The van der Waals surface area contributed by atoms with Gasteiger partial charge < -0.3 is 5.11 Å². The summed E-state index contributed by atoms with van der Waals surface area (Å²) in [6.45, 7) is 4.49. The summed E-state index contributed by atoms with van der Waals surface area (Å²) < 4.78 is 1.23. The Labute approximate surface area is 128 Å². The van der Waals surface area contributed by atoms with Crippen LogP contribution >= 0.6 is 22.6 Å². The second-order valence-corrected chi connectivity index (χ2v) is 6.67. The van der Waals surface area contributed by atoms with Gasteiger partial charge in [0.2, 0.25) is 0 Å². The van der Waals surface area contributed by atoms with Crippen LogP contribution in [0.15, 0.2) is 24.3 Å². The molecule has 1 unspecified atom stereocenters. The first kappa shape index (κ1) is 14.8. The van der Waals surface area contributed by atoms with Crippen molar-refractivity contribution < 1.29 is 9.90 Å². The lowest BCUT2D eigenvalue weighted by molar-refractivity contribution is -0.148. The van der Waals surface area contributed by atoms with Crippen LogP contribution in [-0.4, -0.2) is 29.1 Å². The van der Waals surface area contributed by atoms with Crippen LogP contribution in [0.3, 0.4) is 0 Å². The van der Waals surface area contributed by atoms with E-state index in [4.69, 9.17) is 0 Å². The largest absolute Gasteiger partial charge is 0.481 e. The van der Waals surface area contributed by atoms with E-state index in [0.717, 1.165) is 32.4 Å². The van der Waals surface area contributed by atoms with Gasteiger partial charge in [-0.25, -0.2) is 0 Å². The summed E-state index contributed by atoms with van der Waals surface area (Å²) in [7, 11) is 0. The third kappa shape index (κ3) is 3.48. The van der Waals surface area contributed by atoms with Crippen molar-refractivity contribution in [3.05, 3.63) is 33.4 Å². The molecule has 2 rings (SSSR count). The van der Waals surface area contributed by atoms with Crippen LogP contribution in [0.25, 0.3) is 0 Å². The lowest BCUT2D eigenvalue weighted by atomic mass is 9.83. The van der Waals surface area contributed by atoms with Gasteiger partial charge in [-0.1, -0.05) is 25.5 Å². The molecule has 1 aliphatic heterocycles. The molecule has 1 aromatic rings. The van der Waals surface area contributed by atoms with Crippen LogP contribution in [0.1, 0.15) is 31.7 Å². The van der Waals surface area contributed by atoms with E-state index in [0.29, 0.717) is 6.54 Å². The molecule has 104 valence electrons. The highest BCUT2D eigenvalue weighted by atomic mass is 127. The number of carbonyl (C=O) groups is 1. The number of halogens is 1.